The quantitative estimate of drug-likeness (QED) is 0.491. The molecule has 1 amide bonds. The predicted octanol–water partition coefficient (Wildman–Crippen LogP) is 3.08. The Hall–Kier alpha value is -3.23. The van der Waals surface area contributed by atoms with Crippen LogP contribution in [0.1, 0.15) is 11.1 Å². The van der Waals surface area contributed by atoms with Gasteiger partial charge in [0, 0.05) is 6.54 Å². The SMILES string of the molecule is COc1ccc(CCNC(=O)C(Cc2ccccc2)NS(=O)(=O)c2ccc(F)cc2)cc1. The van der Waals surface area contributed by atoms with Crippen molar-refractivity contribution >= 4 is 15.9 Å². The summed E-state index contributed by atoms with van der Waals surface area (Å²) >= 11 is 0. The van der Waals surface area contributed by atoms with Gasteiger partial charge in [-0.1, -0.05) is 42.5 Å². The van der Waals surface area contributed by atoms with Gasteiger partial charge in [0.15, 0.2) is 0 Å². The van der Waals surface area contributed by atoms with Gasteiger partial charge < -0.3 is 10.1 Å². The number of hydrogen-bond donors (Lipinski definition) is 2. The number of hydrogen-bond acceptors (Lipinski definition) is 4. The summed E-state index contributed by atoms with van der Waals surface area (Å²) < 4.78 is 46.3. The van der Waals surface area contributed by atoms with E-state index in [9.17, 15) is 17.6 Å². The zero-order valence-electron chi connectivity index (χ0n) is 17.6. The molecule has 0 spiro atoms. The average Bonchev–Trinajstić information content (AvgIpc) is 2.80. The molecule has 3 aromatic rings. The van der Waals surface area contributed by atoms with Gasteiger partial charge >= 0.3 is 0 Å². The molecule has 0 heterocycles. The minimum atomic E-state index is -4.02. The number of amides is 1. The van der Waals surface area contributed by atoms with Crippen LogP contribution in [-0.4, -0.2) is 34.0 Å². The van der Waals surface area contributed by atoms with E-state index in [0.717, 1.165) is 29.0 Å². The number of ether oxygens (including phenoxy) is 1. The number of rotatable bonds is 10. The third-order valence-corrected chi connectivity index (χ3v) is 6.38. The molecule has 0 aliphatic rings. The number of carbonyl (C=O) groups is 1. The van der Waals surface area contributed by atoms with E-state index in [1.54, 1.807) is 7.11 Å². The van der Waals surface area contributed by atoms with Crippen LogP contribution in [-0.2, 0) is 27.7 Å². The van der Waals surface area contributed by atoms with Crippen molar-refractivity contribution in [3.05, 3.63) is 95.8 Å². The molecule has 8 heteroatoms. The highest BCUT2D eigenvalue weighted by atomic mass is 32.2. The van der Waals surface area contributed by atoms with E-state index < -0.39 is 27.8 Å². The van der Waals surface area contributed by atoms with Crippen molar-refractivity contribution in [1.29, 1.82) is 0 Å². The van der Waals surface area contributed by atoms with E-state index in [1.807, 2.05) is 54.6 Å². The summed E-state index contributed by atoms with van der Waals surface area (Å²) in [6.45, 7) is 0.342. The highest BCUT2D eigenvalue weighted by Crippen LogP contribution is 2.13. The molecular weight excluding hydrogens is 431 g/mol. The van der Waals surface area contributed by atoms with Gasteiger partial charge in [-0.2, -0.15) is 4.72 Å². The average molecular weight is 457 g/mol. The number of nitrogens with one attached hydrogen (secondary N) is 2. The molecular formula is C24H25FN2O4S. The molecule has 168 valence electrons. The molecule has 0 bridgehead atoms. The van der Waals surface area contributed by atoms with Gasteiger partial charge in [-0.25, -0.2) is 12.8 Å². The Balaban J connectivity index is 1.69. The van der Waals surface area contributed by atoms with E-state index >= 15 is 0 Å². The number of halogens is 1. The van der Waals surface area contributed by atoms with E-state index in [4.69, 9.17) is 4.74 Å². The van der Waals surface area contributed by atoms with Gasteiger partial charge in [0.05, 0.1) is 12.0 Å². The molecule has 3 rings (SSSR count). The van der Waals surface area contributed by atoms with E-state index in [-0.39, 0.29) is 11.3 Å². The second-order valence-electron chi connectivity index (χ2n) is 7.21. The second kappa shape index (κ2) is 10.9. The van der Waals surface area contributed by atoms with Crippen LogP contribution in [0.4, 0.5) is 4.39 Å². The van der Waals surface area contributed by atoms with Gasteiger partial charge in [-0.3, -0.25) is 4.79 Å². The smallest absolute Gasteiger partial charge is 0.241 e. The maximum Gasteiger partial charge on any atom is 0.241 e. The summed E-state index contributed by atoms with van der Waals surface area (Å²) in [6.07, 6.45) is 0.758. The number of carbonyl (C=O) groups excluding carboxylic acids is 1. The molecule has 2 N–H and O–H groups in total. The largest absolute Gasteiger partial charge is 0.497 e. The molecule has 0 saturated carbocycles. The number of sulfonamides is 1. The minimum absolute atomic E-state index is 0.108. The maximum atomic E-state index is 13.2. The first-order chi connectivity index (χ1) is 15.4. The maximum absolute atomic E-state index is 13.2. The highest BCUT2D eigenvalue weighted by Gasteiger charge is 2.26. The van der Waals surface area contributed by atoms with Crippen LogP contribution < -0.4 is 14.8 Å². The van der Waals surface area contributed by atoms with Gasteiger partial charge in [-0.15, -0.1) is 0 Å². The third-order valence-electron chi connectivity index (χ3n) is 4.89. The molecule has 0 aliphatic carbocycles. The zero-order chi connectivity index (χ0) is 23.0. The fourth-order valence-corrected chi connectivity index (χ4v) is 4.35. The van der Waals surface area contributed by atoms with Crippen molar-refractivity contribution in [2.75, 3.05) is 13.7 Å². The monoisotopic (exact) mass is 456 g/mol. The fourth-order valence-electron chi connectivity index (χ4n) is 3.15. The molecule has 0 radical (unpaired) electrons. The van der Waals surface area contributed by atoms with Crippen molar-refractivity contribution in [2.24, 2.45) is 0 Å². The minimum Gasteiger partial charge on any atom is -0.497 e. The summed E-state index contributed by atoms with van der Waals surface area (Å²) in [7, 11) is -2.43. The molecule has 0 fully saturated rings. The van der Waals surface area contributed by atoms with Gasteiger partial charge in [0.25, 0.3) is 0 Å². The number of benzene rings is 3. The Labute approximate surface area is 187 Å². The molecule has 1 atom stereocenters. The second-order valence-corrected chi connectivity index (χ2v) is 8.92. The van der Waals surface area contributed by atoms with E-state index in [0.29, 0.717) is 13.0 Å². The van der Waals surface area contributed by atoms with E-state index in [1.165, 1.54) is 12.1 Å². The molecule has 3 aromatic carbocycles. The zero-order valence-corrected chi connectivity index (χ0v) is 18.4. The van der Waals surface area contributed by atoms with Crippen molar-refractivity contribution in [1.82, 2.24) is 10.0 Å². The Kier molecular flexibility index (Phi) is 7.97. The standard InChI is InChI=1S/C24H25FN2O4S/c1-31-21-11-7-18(8-12-21)15-16-26-24(28)23(17-19-5-3-2-4-6-19)27-32(29,30)22-13-9-20(25)10-14-22/h2-14,23,27H,15-17H2,1H3,(H,26,28). The summed E-state index contributed by atoms with van der Waals surface area (Å²) in [5, 5.41) is 2.81. The first kappa shape index (κ1) is 23.4. The van der Waals surface area contributed by atoms with Crippen molar-refractivity contribution in [2.45, 2.75) is 23.8 Å². The summed E-state index contributed by atoms with van der Waals surface area (Å²) in [4.78, 5) is 12.8. The van der Waals surface area contributed by atoms with Crippen LogP contribution in [0, 0.1) is 5.82 Å². The van der Waals surface area contributed by atoms with Crippen LogP contribution in [0.25, 0.3) is 0 Å². The van der Waals surface area contributed by atoms with Crippen molar-refractivity contribution in [3.8, 4) is 5.75 Å². The first-order valence-electron chi connectivity index (χ1n) is 10.1. The predicted molar refractivity (Wildman–Crippen MR) is 120 cm³/mol. The molecule has 0 aromatic heterocycles. The Bertz CT molecular complexity index is 1120. The van der Waals surface area contributed by atoms with Crippen LogP contribution in [0.3, 0.4) is 0 Å². The lowest BCUT2D eigenvalue weighted by Crippen LogP contribution is -2.48. The van der Waals surface area contributed by atoms with Gasteiger partial charge in [0.2, 0.25) is 15.9 Å². The first-order valence-corrected chi connectivity index (χ1v) is 11.6. The summed E-state index contributed by atoms with van der Waals surface area (Å²) in [5.74, 6) is -0.231. The lowest BCUT2D eigenvalue weighted by Gasteiger charge is -2.19. The van der Waals surface area contributed by atoms with Gasteiger partial charge in [0.1, 0.15) is 17.6 Å². The van der Waals surface area contributed by atoms with Gasteiger partial charge in [-0.05, 0) is 60.4 Å². The normalized spacial score (nSPS) is 12.2. The van der Waals surface area contributed by atoms with Crippen LogP contribution in [0.2, 0.25) is 0 Å². The van der Waals surface area contributed by atoms with Crippen LogP contribution >= 0.6 is 0 Å². The highest BCUT2D eigenvalue weighted by molar-refractivity contribution is 7.89. The molecule has 1 unspecified atom stereocenters. The van der Waals surface area contributed by atoms with Crippen LogP contribution in [0.15, 0.2) is 83.8 Å². The molecule has 0 aliphatic heterocycles. The lowest BCUT2D eigenvalue weighted by atomic mass is 10.1. The summed E-state index contributed by atoms with van der Waals surface area (Å²) in [6, 6.07) is 20.1. The topological polar surface area (TPSA) is 84.5 Å². The Morgan fingerprint density at radius 3 is 2.22 bits per heavy atom. The third kappa shape index (κ3) is 6.63. The lowest BCUT2D eigenvalue weighted by molar-refractivity contribution is -0.122. The fraction of sp³-hybridized carbons (Fsp3) is 0.208. The summed E-state index contributed by atoms with van der Waals surface area (Å²) in [5.41, 5.74) is 1.82. The molecule has 6 nitrogen and oxygen atoms in total. The van der Waals surface area contributed by atoms with E-state index in [2.05, 4.69) is 10.0 Å². The Morgan fingerprint density at radius 2 is 1.59 bits per heavy atom. The van der Waals surface area contributed by atoms with Crippen molar-refractivity contribution in [3.63, 3.8) is 0 Å². The number of methoxy groups -OCH3 is 1. The van der Waals surface area contributed by atoms with Crippen molar-refractivity contribution < 1.29 is 22.3 Å². The van der Waals surface area contributed by atoms with Crippen LogP contribution in [0.5, 0.6) is 5.75 Å². The molecule has 0 saturated heterocycles. The Morgan fingerprint density at radius 1 is 0.938 bits per heavy atom. The molecule has 32 heavy (non-hydrogen) atoms.